The standard InChI is InChI=1S/C22H23F3N4O3S/c1-13(32-18-10-8-17(31-4)9-11-18)19-27-28-21(29(19)3)33-14(2)20(30)26-16-7-5-6-15(12-16)22(23,24)25/h5-14H,1-4H3,(H,26,30). The Kier molecular flexibility index (Phi) is 7.52. The highest BCUT2D eigenvalue weighted by Crippen LogP contribution is 2.31. The van der Waals surface area contributed by atoms with Crippen LogP contribution in [0.15, 0.2) is 53.7 Å². The van der Waals surface area contributed by atoms with Gasteiger partial charge in [0.25, 0.3) is 0 Å². The Balaban J connectivity index is 1.63. The lowest BCUT2D eigenvalue weighted by molar-refractivity contribution is -0.137. The van der Waals surface area contributed by atoms with Crippen LogP contribution in [0, 0.1) is 0 Å². The van der Waals surface area contributed by atoms with E-state index in [0.717, 1.165) is 23.9 Å². The molecule has 0 bridgehead atoms. The summed E-state index contributed by atoms with van der Waals surface area (Å²) >= 11 is 1.14. The Morgan fingerprint density at radius 1 is 1.09 bits per heavy atom. The second-order valence-electron chi connectivity index (χ2n) is 7.16. The molecular weight excluding hydrogens is 457 g/mol. The first-order valence-electron chi connectivity index (χ1n) is 9.93. The smallest absolute Gasteiger partial charge is 0.416 e. The third-order valence-electron chi connectivity index (χ3n) is 4.71. The minimum atomic E-state index is -4.49. The van der Waals surface area contributed by atoms with E-state index >= 15 is 0 Å². The average molecular weight is 481 g/mol. The van der Waals surface area contributed by atoms with Gasteiger partial charge < -0.3 is 19.4 Å². The van der Waals surface area contributed by atoms with Crippen LogP contribution in [0.4, 0.5) is 18.9 Å². The number of alkyl halides is 3. The van der Waals surface area contributed by atoms with E-state index in [1.54, 1.807) is 49.9 Å². The van der Waals surface area contributed by atoms with Crippen LogP contribution in [0.2, 0.25) is 0 Å². The summed E-state index contributed by atoms with van der Waals surface area (Å²) in [5.74, 6) is 1.45. The van der Waals surface area contributed by atoms with Crippen LogP contribution in [0.25, 0.3) is 0 Å². The molecule has 11 heteroatoms. The zero-order valence-corrected chi connectivity index (χ0v) is 19.2. The number of carbonyl (C=O) groups is 1. The summed E-state index contributed by atoms with van der Waals surface area (Å²) < 4.78 is 51.4. The molecule has 0 aliphatic rings. The van der Waals surface area contributed by atoms with E-state index < -0.39 is 29.0 Å². The monoisotopic (exact) mass is 480 g/mol. The fourth-order valence-electron chi connectivity index (χ4n) is 2.92. The maximum absolute atomic E-state index is 12.9. The van der Waals surface area contributed by atoms with Crippen molar-refractivity contribution in [2.75, 3.05) is 12.4 Å². The minimum Gasteiger partial charge on any atom is -0.497 e. The van der Waals surface area contributed by atoms with Gasteiger partial charge in [-0.15, -0.1) is 10.2 Å². The molecule has 3 aromatic rings. The van der Waals surface area contributed by atoms with Crippen LogP contribution in [-0.4, -0.2) is 33.0 Å². The molecule has 0 spiro atoms. The fraction of sp³-hybridized carbons (Fsp3) is 0.318. The Labute approximate surface area is 193 Å². The van der Waals surface area contributed by atoms with Gasteiger partial charge in [-0.3, -0.25) is 4.79 Å². The van der Waals surface area contributed by atoms with Gasteiger partial charge >= 0.3 is 6.18 Å². The molecule has 3 rings (SSSR count). The molecule has 0 aliphatic carbocycles. The normalized spacial score (nSPS) is 13.3. The van der Waals surface area contributed by atoms with Crippen LogP contribution in [-0.2, 0) is 18.0 Å². The largest absolute Gasteiger partial charge is 0.497 e. The number of aromatic nitrogens is 3. The number of methoxy groups -OCH3 is 1. The van der Waals surface area contributed by atoms with E-state index in [9.17, 15) is 18.0 Å². The molecule has 176 valence electrons. The zero-order valence-electron chi connectivity index (χ0n) is 18.4. The summed E-state index contributed by atoms with van der Waals surface area (Å²) in [5.41, 5.74) is -0.758. The van der Waals surface area contributed by atoms with Crippen molar-refractivity contribution in [1.29, 1.82) is 0 Å². The SMILES string of the molecule is COc1ccc(OC(C)c2nnc(SC(C)C(=O)Nc3cccc(C(F)(F)F)c3)n2C)cc1. The van der Waals surface area contributed by atoms with Crippen LogP contribution in [0.5, 0.6) is 11.5 Å². The number of carbonyl (C=O) groups excluding carboxylic acids is 1. The van der Waals surface area contributed by atoms with Crippen LogP contribution in [0.3, 0.4) is 0 Å². The summed E-state index contributed by atoms with van der Waals surface area (Å²) in [7, 11) is 3.33. The fourth-order valence-corrected chi connectivity index (χ4v) is 3.74. The number of anilines is 1. The number of halogens is 3. The quantitative estimate of drug-likeness (QED) is 0.452. The van der Waals surface area contributed by atoms with Crippen LogP contribution in [0.1, 0.15) is 31.3 Å². The molecular formula is C22H23F3N4O3S. The molecule has 33 heavy (non-hydrogen) atoms. The molecule has 0 radical (unpaired) electrons. The van der Waals surface area contributed by atoms with Crippen molar-refractivity contribution in [2.24, 2.45) is 7.05 Å². The topological polar surface area (TPSA) is 78.3 Å². The van der Waals surface area contributed by atoms with Crippen LogP contribution < -0.4 is 14.8 Å². The van der Waals surface area contributed by atoms with E-state index in [0.29, 0.717) is 22.5 Å². The second-order valence-corrected chi connectivity index (χ2v) is 8.47. The van der Waals surface area contributed by atoms with E-state index in [1.165, 1.54) is 12.1 Å². The number of amides is 1. The van der Waals surface area contributed by atoms with Gasteiger partial charge in [-0.25, -0.2) is 0 Å². The molecule has 1 aromatic heterocycles. The van der Waals surface area contributed by atoms with Gasteiger partial charge in [0.1, 0.15) is 11.5 Å². The molecule has 7 nitrogen and oxygen atoms in total. The number of benzene rings is 2. The van der Waals surface area contributed by atoms with Crippen molar-refractivity contribution in [3.8, 4) is 11.5 Å². The van der Waals surface area contributed by atoms with Crippen molar-refractivity contribution in [3.63, 3.8) is 0 Å². The Bertz CT molecular complexity index is 1100. The maximum Gasteiger partial charge on any atom is 0.416 e. The summed E-state index contributed by atoms with van der Waals surface area (Å²) in [6, 6.07) is 11.6. The van der Waals surface area contributed by atoms with Gasteiger partial charge in [0.2, 0.25) is 5.91 Å². The average Bonchev–Trinajstić information content (AvgIpc) is 3.14. The van der Waals surface area contributed by atoms with E-state index in [4.69, 9.17) is 9.47 Å². The Morgan fingerprint density at radius 3 is 2.39 bits per heavy atom. The molecule has 2 aromatic carbocycles. The zero-order chi connectivity index (χ0) is 24.2. The van der Waals surface area contributed by atoms with Crippen LogP contribution >= 0.6 is 11.8 Å². The minimum absolute atomic E-state index is 0.0717. The third-order valence-corrected chi connectivity index (χ3v) is 5.85. The van der Waals surface area contributed by atoms with Crippen molar-refractivity contribution in [3.05, 3.63) is 59.9 Å². The first kappa shape index (κ1) is 24.4. The second kappa shape index (κ2) is 10.2. The van der Waals surface area contributed by atoms with E-state index in [2.05, 4.69) is 15.5 Å². The van der Waals surface area contributed by atoms with Gasteiger partial charge in [-0.2, -0.15) is 13.2 Å². The highest BCUT2D eigenvalue weighted by molar-refractivity contribution is 8.00. The third kappa shape index (κ3) is 6.19. The summed E-state index contributed by atoms with van der Waals surface area (Å²) in [5, 5.41) is 10.7. The number of thioether (sulfide) groups is 1. The predicted molar refractivity (Wildman–Crippen MR) is 118 cm³/mol. The van der Waals surface area contributed by atoms with Gasteiger partial charge in [-0.1, -0.05) is 17.8 Å². The molecule has 0 fully saturated rings. The molecule has 0 saturated heterocycles. The summed E-state index contributed by atoms with van der Waals surface area (Å²) in [4.78, 5) is 12.5. The molecule has 2 unspecified atom stereocenters. The van der Waals surface area contributed by atoms with E-state index in [1.807, 2.05) is 6.92 Å². The van der Waals surface area contributed by atoms with Gasteiger partial charge in [0.05, 0.1) is 17.9 Å². The molecule has 1 heterocycles. The van der Waals surface area contributed by atoms with Crippen molar-refractivity contribution in [1.82, 2.24) is 14.8 Å². The summed E-state index contributed by atoms with van der Waals surface area (Å²) in [6.45, 7) is 3.46. The number of nitrogens with zero attached hydrogens (tertiary/aromatic N) is 3. The first-order valence-corrected chi connectivity index (χ1v) is 10.8. The lowest BCUT2D eigenvalue weighted by atomic mass is 10.2. The molecule has 1 amide bonds. The highest BCUT2D eigenvalue weighted by atomic mass is 32.2. The lowest BCUT2D eigenvalue weighted by Gasteiger charge is -2.15. The molecule has 0 saturated carbocycles. The van der Waals surface area contributed by atoms with Crippen molar-refractivity contribution >= 4 is 23.4 Å². The number of hydrogen-bond donors (Lipinski definition) is 1. The lowest BCUT2D eigenvalue weighted by Crippen LogP contribution is -2.23. The van der Waals surface area contributed by atoms with Gasteiger partial charge in [0, 0.05) is 12.7 Å². The molecule has 0 aliphatic heterocycles. The van der Waals surface area contributed by atoms with E-state index in [-0.39, 0.29) is 5.69 Å². The molecule has 2 atom stereocenters. The van der Waals surface area contributed by atoms with Crippen molar-refractivity contribution < 1.29 is 27.4 Å². The predicted octanol–water partition coefficient (Wildman–Crippen LogP) is 5.10. The maximum atomic E-state index is 12.9. The highest BCUT2D eigenvalue weighted by Gasteiger charge is 2.30. The molecule has 1 N–H and O–H groups in total. The Hall–Kier alpha value is -3.21. The summed E-state index contributed by atoms with van der Waals surface area (Å²) in [6.07, 6.45) is -4.90. The number of nitrogens with one attached hydrogen (secondary N) is 1. The van der Waals surface area contributed by atoms with Gasteiger partial charge in [0.15, 0.2) is 17.1 Å². The first-order chi connectivity index (χ1) is 15.6. The number of ether oxygens (including phenoxy) is 2. The number of rotatable bonds is 8. The van der Waals surface area contributed by atoms with Crippen molar-refractivity contribution in [2.45, 2.75) is 36.5 Å². The van der Waals surface area contributed by atoms with Gasteiger partial charge in [-0.05, 0) is 56.3 Å². The number of hydrogen-bond acceptors (Lipinski definition) is 6. The Morgan fingerprint density at radius 2 is 1.76 bits per heavy atom.